The normalized spacial score (nSPS) is 41.5. The first kappa shape index (κ1) is 8.72. The Morgan fingerprint density at radius 1 is 1.29 bits per heavy atom. The van der Waals surface area contributed by atoms with Crippen molar-refractivity contribution in [3.63, 3.8) is 0 Å². The quantitative estimate of drug-likeness (QED) is 0.720. The summed E-state index contributed by atoms with van der Waals surface area (Å²) in [6, 6.07) is 0.466. The summed E-state index contributed by atoms with van der Waals surface area (Å²) < 4.78 is 5.92. The second kappa shape index (κ2) is 3.23. The first-order valence-corrected chi connectivity index (χ1v) is 5.81. The van der Waals surface area contributed by atoms with Gasteiger partial charge in [0.25, 0.3) is 0 Å². The SMILES string of the molecule is NCC1CCC2N=C(C3CC3)OC2C1. The fourth-order valence-electron chi connectivity index (χ4n) is 2.57. The lowest BCUT2D eigenvalue weighted by molar-refractivity contribution is 0.119. The predicted octanol–water partition coefficient (Wildman–Crippen LogP) is 1.32. The molecule has 3 rings (SSSR count). The molecule has 3 atom stereocenters. The van der Waals surface area contributed by atoms with Crippen molar-refractivity contribution in [3.8, 4) is 0 Å². The number of hydrogen-bond acceptors (Lipinski definition) is 3. The van der Waals surface area contributed by atoms with Gasteiger partial charge in [-0.1, -0.05) is 0 Å². The highest BCUT2D eigenvalue weighted by molar-refractivity contribution is 5.82. The molecule has 0 aromatic heterocycles. The molecule has 3 unspecified atom stereocenters. The van der Waals surface area contributed by atoms with Crippen LogP contribution >= 0.6 is 0 Å². The lowest BCUT2D eigenvalue weighted by atomic mass is 9.84. The van der Waals surface area contributed by atoms with E-state index < -0.39 is 0 Å². The molecule has 0 aromatic carbocycles. The lowest BCUT2D eigenvalue weighted by Gasteiger charge is -2.28. The van der Waals surface area contributed by atoms with E-state index in [1.165, 1.54) is 25.7 Å². The van der Waals surface area contributed by atoms with Gasteiger partial charge in [-0.25, -0.2) is 4.99 Å². The van der Waals surface area contributed by atoms with Gasteiger partial charge in [-0.15, -0.1) is 0 Å². The number of fused-ring (bicyclic) bond motifs is 1. The van der Waals surface area contributed by atoms with E-state index in [-0.39, 0.29) is 0 Å². The molecule has 0 radical (unpaired) electrons. The first-order valence-electron chi connectivity index (χ1n) is 5.81. The minimum Gasteiger partial charge on any atom is -0.475 e. The van der Waals surface area contributed by atoms with Crippen molar-refractivity contribution in [1.29, 1.82) is 0 Å². The van der Waals surface area contributed by atoms with Crippen LogP contribution in [0.1, 0.15) is 32.1 Å². The van der Waals surface area contributed by atoms with Crippen LogP contribution in [0.3, 0.4) is 0 Å². The molecule has 1 aliphatic heterocycles. The largest absolute Gasteiger partial charge is 0.475 e. The van der Waals surface area contributed by atoms with Gasteiger partial charge in [-0.3, -0.25) is 0 Å². The Kier molecular flexibility index (Phi) is 2.01. The first-order chi connectivity index (χ1) is 6.86. The molecule has 3 aliphatic rings. The van der Waals surface area contributed by atoms with Gasteiger partial charge in [0, 0.05) is 5.92 Å². The maximum Gasteiger partial charge on any atom is 0.187 e. The van der Waals surface area contributed by atoms with Crippen molar-refractivity contribution in [2.24, 2.45) is 22.6 Å². The Labute approximate surface area is 84.7 Å². The third-order valence-electron chi connectivity index (χ3n) is 3.69. The van der Waals surface area contributed by atoms with E-state index in [4.69, 9.17) is 15.5 Å². The van der Waals surface area contributed by atoms with E-state index >= 15 is 0 Å². The van der Waals surface area contributed by atoms with Gasteiger partial charge in [0.15, 0.2) is 5.90 Å². The van der Waals surface area contributed by atoms with E-state index in [9.17, 15) is 0 Å². The molecular formula is C11H18N2O. The van der Waals surface area contributed by atoms with E-state index in [2.05, 4.69) is 0 Å². The Balaban J connectivity index is 1.66. The summed E-state index contributed by atoms with van der Waals surface area (Å²) in [5, 5.41) is 0. The van der Waals surface area contributed by atoms with Crippen LogP contribution < -0.4 is 5.73 Å². The molecular weight excluding hydrogens is 176 g/mol. The molecule has 0 aromatic rings. The molecule has 3 nitrogen and oxygen atoms in total. The van der Waals surface area contributed by atoms with Crippen LogP contribution in [-0.2, 0) is 4.74 Å². The molecule has 3 heteroatoms. The van der Waals surface area contributed by atoms with Crippen LogP contribution in [0.5, 0.6) is 0 Å². The minimum absolute atomic E-state index is 0.368. The van der Waals surface area contributed by atoms with Gasteiger partial charge >= 0.3 is 0 Å². The third-order valence-corrected chi connectivity index (χ3v) is 3.69. The lowest BCUT2D eigenvalue weighted by Crippen LogP contribution is -2.34. The van der Waals surface area contributed by atoms with Gasteiger partial charge in [0.2, 0.25) is 0 Å². The number of ether oxygens (including phenoxy) is 1. The molecule has 2 fully saturated rings. The number of nitrogens with zero attached hydrogens (tertiary/aromatic N) is 1. The van der Waals surface area contributed by atoms with Crippen LogP contribution in [-0.4, -0.2) is 24.6 Å². The number of rotatable bonds is 2. The highest BCUT2D eigenvalue weighted by atomic mass is 16.5. The average Bonchev–Trinajstić information content (AvgIpc) is 2.97. The van der Waals surface area contributed by atoms with Gasteiger partial charge in [-0.05, 0) is 44.6 Å². The maximum absolute atomic E-state index is 5.92. The predicted molar refractivity (Wildman–Crippen MR) is 55.2 cm³/mol. The van der Waals surface area contributed by atoms with Crippen molar-refractivity contribution in [1.82, 2.24) is 0 Å². The minimum atomic E-state index is 0.368. The highest BCUT2D eigenvalue weighted by Crippen LogP contribution is 2.39. The van der Waals surface area contributed by atoms with Crippen molar-refractivity contribution in [3.05, 3.63) is 0 Å². The number of aliphatic imine (C=N–C) groups is 1. The van der Waals surface area contributed by atoms with Crippen LogP contribution in [0, 0.1) is 11.8 Å². The van der Waals surface area contributed by atoms with Crippen molar-refractivity contribution < 1.29 is 4.74 Å². The van der Waals surface area contributed by atoms with Gasteiger partial charge in [0.1, 0.15) is 6.10 Å². The van der Waals surface area contributed by atoms with Gasteiger partial charge in [0.05, 0.1) is 6.04 Å². The zero-order valence-corrected chi connectivity index (χ0v) is 8.48. The second-order valence-corrected chi connectivity index (χ2v) is 4.88. The van der Waals surface area contributed by atoms with Crippen LogP contribution in [0.2, 0.25) is 0 Å². The molecule has 0 bridgehead atoms. The van der Waals surface area contributed by atoms with Crippen LogP contribution in [0.15, 0.2) is 4.99 Å². The Morgan fingerprint density at radius 3 is 2.86 bits per heavy atom. The van der Waals surface area contributed by atoms with E-state index in [1.807, 2.05) is 0 Å². The van der Waals surface area contributed by atoms with E-state index in [0.717, 1.165) is 18.9 Å². The standard InChI is InChI=1S/C11H18N2O/c12-6-7-1-4-9-10(5-7)14-11(13-9)8-2-3-8/h7-10H,1-6,12H2. The molecule has 2 saturated carbocycles. The summed E-state index contributed by atoms with van der Waals surface area (Å²) in [4.78, 5) is 4.69. The van der Waals surface area contributed by atoms with Crippen molar-refractivity contribution in [2.75, 3.05) is 6.54 Å². The summed E-state index contributed by atoms with van der Waals surface area (Å²) in [5.74, 6) is 2.42. The van der Waals surface area contributed by atoms with Crippen molar-refractivity contribution >= 4 is 5.90 Å². The molecule has 1 heterocycles. The van der Waals surface area contributed by atoms with E-state index in [0.29, 0.717) is 24.0 Å². The molecule has 0 amide bonds. The van der Waals surface area contributed by atoms with Gasteiger partial charge < -0.3 is 10.5 Å². The molecule has 14 heavy (non-hydrogen) atoms. The fourth-order valence-corrected chi connectivity index (χ4v) is 2.57. The summed E-state index contributed by atoms with van der Waals surface area (Å²) in [7, 11) is 0. The van der Waals surface area contributed by atoms with E-state index in [1.54, 1.807) is 0 Å². The third kappa shape index (κ3) is 1.44. The monoisotopic (exact) mass is 194 g/mol. The smallest absolute Gasteiger partial charge is 0.187 e. The highest BCUT2D eigenvalue weighted by Gasteiger charge is 2.41. The molecule has 0 spiro atoms. The second-order valence-electron chi connectivity index (χ2n) is 4.88. The molecule has 0 saturated heterocycles. The summed E-state index contributed by atoms with van der Waals surface area (Å²) >= 11 is 0. The molecule has 2 aliphatic carbocycles. The Hall–Kier alpha value is -0.570. The molecule has 2 N–H and O–H groups in total. The maximum atomic E-state index is 5.92. The summed E-state index contributed by atoms with van der Waals surface area (Å²) in [6.07, 6.45) is 6.50. The van der Waals surface area contributed by atoms with Crippen LogP contribution in [0.4, 0.5) is 0 Å². The number of nitrogens with two attached hydrogens (primary N) is 1. The zero-order chi connectivity index (χ0) is 9.54. The Bertz CT molecular complexity index is 260. The van der Waals surface area contributed by atoms with Gasteiger partial charge in [-0.2, -0.15) is 0 Å². The number of hydrogen-bond donors (Lipinski definition) is 1. The topological polar surface area (TPSA) is 47.6 Å². The Morgan fingerprint density at radius 2 is 2.14 bits per heavy atom. The zero-order valence-electron chi connectivity index (χ0n) is 8.48. The molecule has 78 valence electrons. The summed E-state index contributed by atoms with van der Waals surface area (Å²) in [5.41, 5.74) is 5.70. The average molecular weight is 194 g/mol. The van der Waals surface area contributed by atoms with Crippen LogP contribution in [0.25, 0.3) is 0 Å². The summed E-state index contributed by atoms with van der Waals surface area (Å²) in [6.45, 7) is 0.811. The van der Waals surface area contributed by atoms with Crippen molar-refractivity contribution in [2.45, 2.75) is 44.2 Å². The fraction of sp³-hybridized carbons (Fsp3) is 0.909.